The van der Waals surface area contributed by atoms with E-state index in [2.05, 4.69) is 10.2 Å². The summed E-state index contributed by atoms with van der Waals surface area (Å²) < 4.78 is 31.3. The fourth-order valence-corrected chi connectivity index (χ4v) is 5.85. The van der Waals surface area contributed by atoms with Crippen LogP contribution >= 0.6 is 0 Å². The van der Waals surface area contributed by atoms with E-state index in [9.17, 15) is 13.2 Å². The summed E-state index contributed by atoms with van der Waals surface area (Å²) in [5, 5.41) is 8.45. The van der Waals surface area contributed by atoms with Crippen LogP contribution in [0, 0.1) is 13.8 Å². The highest BCUT2D eigenvalue weighted by atomic mass is 32.2. The second-order valence-electron chi connectivity index (χ2n) is 7.67. The summed E-state index contributed by atoms with van der Waals surface area (Å²) in [6.07, 6.45) is 4.08. The summed E-state index contributed by atoms with van der Waals surface area (Å²) >= 11 is 0. The van der Waals surface area contributed by atoms with Crippen LogP contribution in [0.4, 0.5) is 0 Å². The lowest BCUT2D eigenvalue weighted by atomic mass is 10.1. The van der Waals surface area contributed by atoms with Crippen molar-refractivity contribution in [3.63, 3.8) is 0 Å². The zero-order valence-corrected chi connectivity index (χ0v) is 18.7. The molecule has 1 aromatic carbocycles. The van der Waals surface area contributed by atoms with Crippen molar-refractivity contribution in [2.75, 3.05) is 26.2 Å². The Morgan fingerprint density at radius 1 is 1.06 bits per heavy atom. The Balaban J connectivity index is 1.52. The van der Waals surface area contributed by atoms with Gasteiger partial charge in [0.25, 0.3) is 5.91 Å². The molecule has 1 saturated heterocycles. The van der Waals surface area contributed by atoms with Gasteiger partial charge in [-0.25, -0.2) is 13.1 Å². The third kappa shape index (κ3) is 4.00. The number of benzene rings is 1. The van der Waals surface area contributed by atoms with Crippen molar-refractivity contribution in [1.29, 1.82) is 0 Å². The van der Waals surface area contributed by atoms with Gasteiger partial charge in [-0.15, -0.1) is 0 Å². The van der Waals surface area contributed by atoms with E-state index in [1.54, 1.807) is 53.5 Å². The van der Waals surface area contributed by atoms with E-state index in [1.165, 1.54) is 4.31 Å². The molecular formula is C21H26N6O3S. The first-order valence-corrected chi connectivity index (χ1v) is 11.6. The molecule has 164 valence electrons. The number of rotatable bonds is 4. The number of sulfonamides is 1. The van der Waals surface area contributed by atoms with Gasteiger partial charge in [0.05, 0.1) is 17.1 Å². The zero-order valence-electron chi connectivity index (χ0n) is 17.9. The largest absolute Gasteiger partial charge is 0.337 e. The normalized spacial score (nSPS) is 15.8. The average Bonchev–Trinajstić information content (AvgIpc) is 3.28. The molecule has 0 spiro atoms. The molecule has 0 saturated carbocycles. The van der Waals surface area contributed by atoms with E-state index in [4.69, 9.17) is 0 Å². The van der Waals surface area contributed by atoms with Crippen LogP contribution in [0.2, 0.25) is 0 Å². The topological polar surface area (TPSA) is 93.3 Å². The highest BCUT2D eigenvalue weighted by molar-refractivity contribution is 7.89. The summed E-state index contributed by atoms with van der Waals surface area (Å²) in [7, 11) is -1.94. The lowest BCUT2D eigenvalue weighted by molar-refractivity contribution is 0.0764. The van der Waals surface area contributed by atoms with Crippen LogP contribution in [0.1, 0.15) is 28.2 Å². The molecule has 9 nitrogen and oxygen atoms in total. The molecule has 0 aliphatic carbocycles. The van der Waals surface area contributed by atoms with Gasteiger partial charge in [0.2, 0.25) is 10.0 Å². The van der Waals surface area contributed by atoms with Crippen LogP contribution in [0.25, 0.3) is 5.69 Å². The third-order valence-electron chi connectivity index (χ3n) is 5.64. The smallest absolute Gasteiger partial charge is 0.253 e. The Bertz CT molecular complexity index is 1200. The van der Waals surface area contributed by atoms with Crippen molar-refractivity contribution in [2.45, 2.75) is 25.2 Å². The number of aromatic nitrogens is 4. The Hall–Kier alpha value is -2.98. The van der Waals surface area contributed by atoms with Crippen LogP contribution in [-0.2, 0) is 17.1 Å². The van der Waals surface area contributed by atoms with Crippen molar-refractivity contribution >= 4 is 15.9 Å². The molecule has 3 heterocycles. The molecule has 0 atom stereocenters. The molecule has 2 aromatic heterocycles. The average molecular weight is 443 g/mol. The van der Waals surface area contributed by atoms with Crippen molar-refractivity contribution in [2.24, 2.45) is 7.05 Å². The standard InChI is InChI=1S/C21H26N6O3S/c1-16-20(17(2)24(3)23-16)31(29,30)26-11-6-10-25(13-14-26)21(28)18-7-4-8-19(15-18)27-12-5-9-22-27/h4-5,7-9,12,15H,6,10-11,13-14H2,1-3H3. The molecule has 0 N–H and O–H groups in total. The number of carbonyl (C=O) groups excluding carboxylic acids is 1. The predicted octanol–water partition coefficient (Wildman–Crippen LogP) is 1.76. The lowest BCUT2D eigenvalue weighted by Gasteiger charge is -2.22. The van der Waals surface area contributed by atoms with E-state index in [-0.39, 0.29) is 17.3 Å². The Morgan fingerprint density at radius 3 is 2.55 bits per heavy atom. The zero-order chi connectivity index (χ0) is 22.2. The van der Waals surface area contributed by atoms with Gasteiger partial charge in [0.1, 0.15) is 4.90 Å². The molecule has 1 aliphatic rings. The first-order chi connectivity index (χ1) is 14.8. The maximum absolute atomic E-state index is 13.3. The lowest BCUT2D eigenvalue weighted by Crippen LogP contribution is -2.37. The number of hydrogen-bond donors (Lipinski definition) is 0. The van der Waals surface area contributed by atoms with Gasteiger partial charge in [-0.2, -0.15) is 14.5 Å². The maximum atomic E-state index is 13.3. The van der Waals surface area contributed by atoms with E-state index < -0.39 is 10.0 Å². The molecular weight excluding hydrogens is 416 g/mol. The summed E-state index contributed by atoms with van der Waals surface area (Å²) in [6, 6.07) is 9.12. The molecule has 1 fully saturated rings. The van der Waals surface area contributed by atoms with E-state index in [1.807, 2.05) is 24.4 Å². The maximum Gasteiger partial charge on any atom is 0.253 e. The minimum atomic E-state index is -3.68. The molecule has 4 rings (SSSR count). The quantitative estimate of drug-likeness (QED) is 0.614. The van der Waals surface area contributed by atoms with Gasteiger partial charge >= 0.3 is 0 Å². The fourth-order valence-electron chi connectivity index (χ4n) is 3.98. The summed E-state index contributed by atoms with van der Waals surface area (Å²) in [6.45, 7) is 4.92. The molecule has 0 unspecified atom stereocenters. The van der Waals surface area contributed by atoms with Gasteiger partial charge in [-0.05, 0) is 44.5 Å². The van der Waals surface area contributed by atoms with Crippen molar-refractivity contribution in [3.8, 4) is 5.69 Å². The summed E-state index contributed by atoms with van der Waals surface area (Å²) in [4.78, 5) is 15.1. The second kappa shape index (κ2) is 8.27. The van der Waals surface area contributed by atoms with Gasteiger partial charge < -0.3 is 4.90 Å². The summed E-state index contributed by atoms with van der Waals surface area (Å²) in [5.41, 5.74) is 2.47. The molecule has 3 aromatic rings. The Kier molecular flexibility index (Phi) is 5.67. The van der Waals surface area contributed by atoms with Crippen molar-refractivity contribution < 1.29 is 13.2 Å². The molecule has 1 aliphatic heterocycles. The fraction of sp³-hybridized carbons (Fsp3) is 0.381. The SMILES string of the molecule is Cc1nn(C)c(C)c1S(=O)(=O)N1CCCN(C(=O)c2cccc(-n3cccn3)c2)CC1. The highest BCUT2D eigenvalue weighted by Gasteiger charge is 2.32. The van der Waals surface area contributed by atoms with E-state index >= 15 is 0 Å². The van der Waals surface area contributed by atoms with Gasteiger partial charge in [0.15, 0.2) is 0 Å². The van der Waals surface area contributed by atoms with Crippen molar-refractivity contribution in [3.05, 3.63) is 59.7 Å². The van der Waals surface area contributed by atoms with Crippen LogP contribution < -0.4 is 0 Å². The van der Waals surface area contributed by atoms with Crippen LogP contribution in [0.15, 0.2) is 47.6 Å². The Morgan fingerprint density at radius 2 is 1.87 bits per heavy atom. The number of nitrogens with zero attached hydrogens (tertiary/aromatic N) is 6. The number of aryl methyl sites for hydroxylation is 2. The van der Waals surface area contributed by atoms with E-state index in [0.29, 0.717) is 43.0 Å². The van der Waals surface area contributed by atoms with Crippen LogP contribution in [0.5, 0.6) is 0 Å². The Labute approximate surface area is 181 Å². The minimum absolute atomic E-state index is 0.109. The van der Waals surface area contributed by atoms with Crippen LogP contribution in [-0.4, -0.2) is 69.3 Å². The first-order valence-electron chi connectivity index (χ1n) is 10.2. The molecule has 10 heteroatoms. The predicted molar refractivity (Wildman–Crippen MR) is 116 cm³/mol. The first kappa shape index (κ1) is 21.3. The second-order valence-corrected chi connectivity index (χ2v) is 9.55. The van der Waals surface area contributed by atoms with E-state index in [0.717, 1.165) is 5.69 Å². The molecule has 31 heavy (non-hydrogen) atoms. The van der Waals surface area contributed by atoms with Gasteiger partial charge in [-0.1, -0.05) is 6.07 Å². The van der Waals surface area contributed by atoms with Crippen molar-refractivity contribution in [1.82, 2.24) is 28.8 Å². The number of carbonyl (C=O) groups is 1. The van der Waals surface area contributed by atoms with Crippen LogP contribution in [0.3, 0.4) is 0 Å². The third-order valence-corrected chi connectivity index (χ3v) is 7.80. The number of amides is 1. The highest BCUT2D eigenvalue weighted by Crippen LogP contribution is 2.24. The summed E-state index contributed by atoms with van der Waals surface area (Å²) in [5.74, 6) is -0.109. The molecule has 0 bridgehead atoms. The molecule has 1 amide bonds. The van der Waals surface area contributed by atoms with Gasteiger partial charge in [0, 0.05) is 51.2 Å². The number of hydrogen-bond acceptors (Lipinski definition) is 5. The monoisotopic (exact) mass is 442 g/mol. The van der Waals surface area contributed by atoms with Gasteiger partial charge in [-0.3, -0.25) is 9.48 Å². The molecule has 0 radical (unpaired) electrons. The minimum Gasteiger partial charge on any atom is -0.337 e.